The van der Waals surface area contributed by atoms with Gasteiger partial charge in [-0.3, -0.25) is 4.98 Å². The minimum absolute atomic E-state index is 0.205. The van der Waals surface area contributed by atoms with Crippen molar-refractivity contribution in [2.45, 2.75) is 0 Å². The highest BCUT2D eigenvalue weighted by atomic mass is 16.5. The van der Waals surface area contributed by atoms with Crippen molar-refractivity contribution in [1.29, 1.82) is 0 Å². The maximum absolute atomic E-state index is 11.0. The number of hydrogen-bond donors (Lipinski definition) is 1. The summed E-state index contributed by atoms with van der Waals surface area (Å²) in [6.45, 7) is 0. The maximum Gasteiger partial charge on any atom is 0.335 e. The molecule has 0 saturated heterocycles. The molecule has 1 aromatic heterocycles. The van der Waals surface area contributed by atoms with E-state index in [-0.39, 0.29) is 5.56 Å². The lowest BCUT2D eigenvalue weighted by Gasteiger charge is -2.06. The van der Waals surface area contributed by atoms with Gasteiger partial charge in [0.1, 0.15) is 5.75 Å². The summed E-state index contributed by atoms with van der Waals surface area (Å²) in [5.74, 6) is -0.448. The summed E-state index contributed by atoms with van der Waals surface area (Å²) in [6.07, 6.45) is 3.32. The van der Waals surface area contributed by atoms with Crippen LogP contribution in [-0.2, 0) is 0 Å². The van der Waals surface area contributed by atoms with E-state index in [0.29, 0.717) is 5.75 Å². The van der Waals surface area contributed by atoms with Gasteiger partial charge in [0, 0.05) is 12.4 Å². The lowest BCUT2D eigenvalue weighted by atomic mass is 10.0. The summed E-state index contributed by atoms with van der Waals surface area (Å²) >= 11 is 0. The average Bonchev–Trinajstić information content (AvgIpc) is 2.39. The molecule has 1 aromatic carbocycles. The molecule has 2 aromatic rings. The molecule has 0 fully saturated rings. The first-order chi connectivity index (χ1) is 8.20. The van der Waals surface area contributed by atoms with Crippen LogP contribution in [0.2, 0.25) is 0 Å². The Balaban J connectivity index is 2.54. The molecular formula is C13H11NO3. The van der Waals surface area contributed by atoms with Crippen molar-refractivity contribution < 1.29 is 14.6 Å². The standard InChI is InChI=1S/C13H11NO3/c1-17-12-7-10(6-11(8-12)13(15)16)9-2-4-14-5-3-9/h2-8H,1H3,(H,15,16). The summed E-state index contributed by atoms with van der Waals surface area (Å²) in [5, 5.41) is 9.01. The van der Waals surface area contributed by atoms with Gasteiger partial charge in [-0.1, -0.05) is 0 Å². The Bertz CT molecular complexity index is 538. The topological polar surface area (TPSA) is 59.4 Å². The van der Waals surface area contributed by atoms with E-state index in [0.717, 1.165) is 11.1 Å². The van der Waals surface area contributed by atoms with Gasteiger partial charge < -0.3 is 9.84 Å². The molecule has 0 unspecified atom stereocenters. The van der Waals surface area contributed by atoms with Gasteiger partial charge in [0.25, 0.3) is 0 Å². The smallest absolute Gasteiger partial charge is 0.335 e. The predicted molar refractivity (Wildman–Crippen MR) is 63.2 cm³/mol. The minimum atomic E-state index is -0.973. The van der Waals surface area contributed by atoms with Crippen LogP contribution >= 0.6 is 0 Å². The minimum Gasteiger partial charge on any atom is -0.497 e. The number of methoxy groups -OCH3 is 1. The third-order valence-electron chi connectivity index (χ3n) is 2.40. The molecular weight excluding hydrogens is 218 g/mol. The quantitative estimate of drug-likeness (QED) is 0.878. The number of benzene rings is 1. The second-order valence-corrected chi connectivity index (χ2v) is 3.49. The van der Waals surface area contributed by atoms with Crippen molar-refractivity contribution in [1.82, 2.24) is 4.98 Å². The fraction of sp³-hybridized carbons (Fsp3) is 0.0769. The molecule has 0 aliphatic heterocycles. The lowest BCUT2D eigenvalue weighted by molar-refractivity contribution is 0.0696. The third kappa shape index (κ3) is 2.42. The first-order valence-corrected chi connectivity index (χ1v) is 5.03. The van der Waals surface area contributed by atoms with Crippen LogP contribution in [-0.4, -0.2) is 23.2 Å². The molecule has 17 heavy (non-hydrogen) atoms. The first-order valence-electron chi connectivity index (χ1n) is 5.03. The van der Waals surface area contributed by atoms with Gasteiger partial charge in [-0.05, 0) is 41.5 Å². The Kier molecular flexibility index (Phi) is 3.05. The van der Waals surface area contributed by atoms with Crippen LogP contribution in [0.15, 0.2) is 42.7 Å². The van der Waals surface area contributed by atoms with Gasteiger partial charge in [-0.15, -0.1) is 0 Å². The fourth-order valence-corrected chi connectivity index (χ4v) is 1.55. The van der Waals surface area contributed by atoms with E-state index in [2.05, 4.69) is 4.98 Å². The number of carboxylic acid groups (broad SMARTS) is 1. The number of hydrogen-bond acceptors (Lipinski definition) is 3. The molecule has 0 radical (unpaired) electrons. The van der Waals surface area contributed by atoms with Crippen molar-refractivity contribution in [3.8, 4) is 16.9 Å². The summed E-state index contributed by atoms with van der Waals surface area (Å²) in [4.78, 5) is 14.9. The zero-order valence-electron chi connectivity index (χ0n) is 9.25. The monoisotopic (exact) mass is 229 g/mol. The summed E-state index contributed by atoms with van der Waals surface area (Å²) in [7, 11) is 1.51. The Morgan fingerprint density at radius 1 is 1.18 bits per heavy atom. The molecule has 0 spiro atoms. The number of ether oxygens (including phenoxy) is 1. The van der Waals surface area contributed by atoms with Crippen molar-refractivity contribution in [3.05, 3.63) is 48.3 Å². The number of aromatic carboxylic acids is 1. The Hall–Kier alpha value is -2.36. The second kappa shape index (κ2) is 4.65. The number of pyridine rings is 1. The molecule has 0 saturated carbocycles. The van der Waals surface area contributed by atoms with Gasteiger partial charge in [0.05, 0.1) is 12.7 Å². The highest BCUT2D eigenvalue weighted by molar-refractivity contribution is 5.90. The van der Waals surface area contributed by atoms with Gasteiger partial charge in [0.15, 0.2) is 0 Å². The van der Waals surface area contributed by atoms with Crippen LogP contribution in [0.4, 0.5) is 0 Å². The molecule has 0 amide bonds. The van der Waals surface area contributed by atoms with Crippen LogP contribution in [0.25, 0.3) is 11.1 Å². The van der Waals surface area contributed by atoms with E-state index in [1.165, 1.54) is 13.2 Å². The number of carboxylic acids is 1. The van der Waals surface area contributed by atoms with Gasteiger partial charge >= 0.3 is 5.97 Å². The van der Waals surface area contributed by atoms with Crippen molar-refractivity contribution in [2.24, 2.45) is 0 Å². The molecule has 4 nitrogen and oxygen atoms in total. The Morgan fingerprint density at radius 3 is 2.47 bits per heavy atom. The van der Waals surface area contributed by atoms with Crippen LogP contribution < -0.4 is 4.74 Å². The van der Waals surface area contributed by atoms with E-state index >= 15 is 0 Å². The van der Waals surface area contributed by atoms with Crippen molar-refractivity contribution >= 4 is 5.97 Å². The summed E-state index contributed by atoms with van der Waals surface area (Å²) in [5.41, 5.74) is 1.90. The van der Waals surface area contributed by atoms with Crippen molar-refractivity contribution in [2.75, 3.05) is 7.11 Å². The number of carbonyl (C=O) groups is 1. The molecule has 2 rings (SSSR count). The average molecular weight is 229 g/mol. The van der Waals surface area contributed by atoms with E-state index in [1.54, 1.807) is 24.5 Å². The highest BCUT2D eigenvalue weighted by Gasteiger charge is 2.08. The molecule has 0 bridgehead atoms. The predicted octanol–water partition coefficient (Wildman–Crippen LogP) is 2.46. The normalized spacial score (nSPS) is 9.94. The molecule has 0 aliphatic carbocycles. The largest absolute Gasteiger partial charge is 0.497 e. The highest BCUT2D eigenvalue weighted by Crippen LogP contribution is 2.25. The second-order valence-electron chi connectivity index (χ2n) is 3.49. The van der Waals surface area contributed by atoms with E-state index < -0.39 is 5.97 Å². The van der Waals surface area contributed by atoms with Crippen LogP contribution in [0.1, 0.15) is 10.4 Å². The number of rotatable bonds is 3. The van der Waals surface area contributed by atoms with E-state index in [9.17, 15) is 4.79 Å². The van der Waals surface area contributed by atoms with Crippen LogP contribution in [0, 0.1) is 0 Å². The third-order valence-corrected chi connectivity index (χ3v) is 2.40. The van der Waals surface area contributed by atoms with E-state index in [4.69, 9.17) is 9.84 Å². The summed E-state index contributed by atoms with van der Waals surface area (Å²) < 4.78 is 5.09. The maximum atomic E-state index is 11.0. The fourth-order valence-electron chi connectivity index (χ4n) is 1.55. The molecule has 1 heterocycles. The van der Waals surface area contributed by atoms with Gasteiger partial charge in [-0.25, -0.2) is 4.79 Å². The SMILES string of the molecule is COc1cc(C(=O)O)cc(-c2ccncc2)c1. The van der Waals surface area contributed by atoms with Crippen LogP contribution in [0.3, 0.4) is 0 Å². The number of nitrogens with zero attached hydrogens (tertiary/aromatic N) is 1. The summed E-state index contributed by atoms with van der Waals surface area (Å²) in [6, 6.07) is 8.54. The zero-order valence-corrected chi connectivity index (χ0v) is 9.25. The zero-order chi connectivity index (χ0) is 12.3. The van der Waals surface area contributed by atoms with Crippen LogP contribution in [0.5, 0.6) is 5.75 Å². The Labute approximate surface area is 98.5 Å². The van der Waals surface area contributed by atoms with Gasteiger partial charge in [-0.2, -0.15) is 0 Å². The molecule has 0 atom stereocenters. The molecule has 1 N–H and O–H groups in total. The lowest BCUT2D eigenvalue weighted by Crippen LogP contribution is -1.97. The van der Waals surface area contributed by atoms with Crippen molar-refractivity contribution in [3.63, 3.8) is 0 Å². The molecule has 86 valence electrons. The molecule has 0 aliphatic rings. The Morgan fingerprint density at radius 2 is 1.88 bits per heavy atom. The van der Waals surface area contributed by atoms with E-state index in [1.807, 2.05) is 12.1 Å². The van der Waals surface area contributed by atoms with Gasteiger partial charge in [0.2, 0.25) is 0 Å². The molecule has 4 heteroatoms. The number of aromatic nitrogens is 1. The first kappa shape index (κ1) is 11.1.